The highest BCUT2D eigenvalue weighted by atomic mass is 16.4. The van der Waals surface area contributed by atoms with Crippen LogP contribution in [0.1, 0.15) is 58.3 Å². The van der Waals surface area contributed by atoms with Crippen molar-refractivity contribution < 1.29 is 9.90 Å². The Kier molecular flexibility index (Phi) is 5.05. The van der Waals surface area contributed by atoms with Crippen molar-refractivity contribution >= 4 is 17.5 Å². The summed E-state index contributed by atoms with van der Waals surface area (Å²) >= 11 is 0. The number of nitrogens with zero attached hydrogens (tertiary/aromatic N) is 1. The molecule has 33 heavy (non-hydrogen) atoms. The fourth-order valence-electron chi connectivity index (χ4n) is 6.69. The van der Waals surface area contributed by atoms with Crippen LogP contribution in [0.15, 0.2) is 66.9 Å². The molecule has 5 nitrogen and oxygen atoms in total. The summed E-state index contributed by atoms with van der Waals surface area (Å²) in [5, 5.41) is 16.7. The highest BCUT2D eigenvalue weighted by Crippen LogP contribution is 2.63. The van der Waals surface area contributed by atoms with Gasteiger partial charge in [0.1, 0.15) is 5.82 Å². The summed E-state index contributed by atoms with van der Waals surface area (Å²) in [6.45, 7) is 0.855. The second-order valence-electron chi connectivity index (χ2n) is 9.80. The van der Waals surface area contributed by atoms with Crippen LogP contribution >= 0.6 is 0 Å². The molecule has 2 saturated carbocycles. The molecule has 168 valence electrons. The van der Waals surface area contributed by atoms with Crippen LogP contribution in [0.3, 0.4) is 0 Å². The van der Waals surface area contributed by atoms with Crippen LogP contribution in [0.4, 0.5) is 11.5 Å². The molecule has 0 radical (unpaired) electrons. The predicted octanol–water partition coefficient (Wildman–Crippen LogP) is 5.73. The SMILES string of the molecule is O=C(O)c1cccc([C@@H]2Nc3ccc(CCNc4ccccn4)cc3[C@@H]3[C@@H]4CC[C@@H](C4)[C@@H]32)c1. The summed E-state index contributed by atoms with van der Waals surface area (Å²) in [5.74, 6) is 2.60. The normalized spacial score (nSPS) is 26.8. The Morgan fingerprint density at radius 2 is 1.97 bits per heavy atom. The van der Waals surface area contributed by atoms with Crippen molar-refractivity contribution in [3.8, 4) is 0 Å². The summed E-state index contributed by atoms with van der Waals surface area (Å²) in [6, 6.07) is 20.5. The van der Waals surface area contributed by atoms with Gasteiger partial charge in [0.05, 0.1) is 11.6 Å². The first-order valence-corrected chi connectivity index (χ1v) is 12.0. The van der Waals surface area contributed by atoms with Crippen LogP contribution < -0.4 is 10.6 Å². The molecule has 0 amide bonds. The maximum Gasteiger partial charge on any atom is 0.335 e. The molecule has 0 saturated heterocycles. The van der Waals surface area contributed by atoms with E-state index in [0.29, 0.717) is 23.3 Å². The van der Waals surface area contributed by atoms with Gasteiger partial charge in [0.2, 0.25) is 0 Å². The molecule has 2 bridgehead atoms. The third-order valence-corrected chi connectivity index (χ3v) is 8.03. The summed E-state index contributed by atoms with van der Waals surface area (Å²) in [4.78, 5) is 15.9. The van der Waals surface area contributed by atoms with Gasteiger partial charge in [-0.3, -0.25) is 0 Å². The summed E-state index contributed by atoms with van der Waals surface area (Å²) in [5.41, 5.74) is 5.51. The number of aromatic nitrogens is 1. The number of pyridine rings is 1. The molecular weight excluding hydrogens is 410 g/mol. The number of carboxylic acids is 1. The van der Waals surface area contributed by atoms with Crippen LogP contribution in [0.25, 0.3) is 0 Å². The fourth-order valence-corrected chi connectivity index (χ4v) is 6.69. The van der Waals surface area contributed by atoms with Crippen molar-refractivity contribution in [3.05, 3.63) is 89.1 Å². The van der Waals surface area contributed by atoms with Crippen LogP contribution in [0.5, 0.6) is 0 Å². The van der Waals surface area contributed by atoms with E-state index in [2.05, 4.69) is 39.9 Å². The minimum atomic E-state index is -0.860. The summed E-state index contributed by atoms with van der Waals surface area (Å²) in [7, 11) is 0. The molecule has 3 aromatic rings. The Morgan fingerprint density at radius 1 is 1.06 bits per heavy atom. The monoisotopic (exact) mass is 439 g/mol. The van der Waals surface area contributed by atoms with E-state index in [0.717, 1.165) is 30.3 Å². The van der Waals surface area contributed by atoms with E-state index >= 15 is 0 Å². The minimum Gasteiger partial charge on any atom is -0.478 e. The van der Waals surface area contributed by atoms with Crippen LogP contribution in [0.2, 0.25) is 0 Å². The van der Waals surface area contributed by atoms with Crippen molar-refractivity contribution in [1.29, 1.82) is 0 Å². The first kappa shape index (κ1) is 20.3. The minimum absolute atomic E-state index is 0.175. The van der Waals surface area contributed by atoms with Gasteiger partial charge >= 0.3 is 5.97 Å². The van der Waals surface area contributed by atoms with Crippen molar-refractivity contribution in [3.63, 3.8) is 0 Å². The fraction of sp³-hybridized carbons (Fsp3) is 0.357. The van der Waals surface area contributed by atoms with E-state index in [1.807, 2.05) is 36.5 Å². The van der Waals surface area contributed by atoms with E-state index in [9.17, 15) is 9.90 Å². The van der Waals surface area contributed by atoms with Crippen molar-refractivity contribution in [2.75, 3.05) is 17.2 Å². The van der Waals surface area contributed by atoms with Crippen LogP contribution in [-0.4, -0.2) is 22.6 Å². The number of carboxylic acid groups (broad SMARTS) is 1. The average Bonchev–Trinajstić information content (AvgIpc) is 3.47. The molecule has 3 N–H and O–H groups in total. The van der Waals surface area contributed by atoms with Crippen molar-refractivity contribution in [2.45, 2.75) is 37.6 Å². The third-order valence-electron chi connectivity index (χ3n) is 8.03. The number of nitrogens with one attached hydrogen (secondary N) is 2. The topological polar surface area (TPSA) is 74.2 Å². The van der Waals surface area contributed by atoms with Gasteiger partial charge in [0, 0.05) is 18.4 Å². The van der Waals surface area contributed by atoms with Crippen molar-refractivity contribution in [2.24, 2.45) is 17.8 Å². The number of hydrogen-bond acceptors (Lipinski definition) is 4. The van der Waals surface area contributed by atoms with Gasteiger partial charge in [-0.15, -0.1) is 0 Å². The lowest BCUT2D eigenvalue weighted by Crippen LogP contribution is -2.35. The number of aromatic carboxylic acids is 1. The van der Waals surface area contributed by atoms with E-state index in [1.54, 1.807) is 6.07 Å². The largest absolute Gasteiger partial charge is 0.478 e. The zero-order valence-electron chi connectivity index (χ0n) is 18.6. The number of anilines is 2. The Bertz CT molecular complexity index is 1180. The van der Waals surface area contributed by atoms with Crippen LogP contribution in [0, 0.1) is 17.8 Å². The van der Waals surface area contributed by atoms with Gasteiger partial charge < -0.3 is 15.7 Å². The zero-order chi connectivity index (χ0) is 22.4. The molecule has 2 aromatic carbocycles. The van der Waals surface area contributed by atoms with Gasteiger partial charge in [-0.05, 0) is 96.4 Å². The summed E-state index contributed by atoms with van der Waals surface area (Å²) < 4.78 is 0. The molecule has 2 heterocycles. The first-order valence-electron chi connectivity index (χ1n) is 12.0. The maximum absolute atomic E-state index is 11.6. The zero-order valence-corrected chi connectivity index (χ0v) is 18.6. The quantitative estimate of drug-likeness (QED) is 0.457. The standard InChI is InChI=1S/C28H29N3O2/c32-28(33)21-5-3-4-20(16-21)27-26-19-9-8-18(15-19)25(26)22-14-17(7-10-23(22)31-27)11-13-30-24-6-1-2-12-29-24/h1-7,10,12,14,16,18-19,25-27,31H,8-9,11,13,15H2,(H,29,30)(H,32,33)/t18-,19+,25+,26+,27+/m1/s1. The van der Waals surface area contributed by atoms with Gasteiger partial charge in [-0.1, -0.05) is 30.3 Å². The second kappa shape index (κ2) is 8.22. The number of hydrogen-bond donors (Lipinski definition) is 3. The van der Waals surface area contributed by atoms with Crippen LogP contribution in [-0.2, 0) is 6.42 Å². The van der Waals surface area contributed by atoms with E-state index in [-0.39, 0.29) is 6.04 Å². The second-order valence-corrected chi connectivity index (χ2v) is 9.80. The highest BCUT2D eigenvalue weighted by Gasteiger charge is 2.53. The number of carbonyl (C=O) groups is 1. The Labute approximate surface area is 194 Å². The number of fused-ring (bicyclic) bond motifs is 7. The number of benzene rings is 2. The molecule has 5 heteroatoms. The first-order chi connectivity index (χ1) is 16.2. The lowest BCUT2D eigenvalue weighted by Gasteiger charge is -2.43. The molecule has 2 aliphatic carbocycles. The molecule has 5 atom stereocenters. The van der Waals surface area contributed by atoms with E-state index in [1.165, 1.54) is 36.1 Å². The molecule has 6 rings (SSSR count). The lowest BCUT2D eigenvalue weighted by atomic mass is 9.67. The Hall–Kier alpha value is -3.34. The van der Waals surface area contributed by atoms with Gasteiger partial charge in [-0.25, -0.2) is 9.78 Å². The van der Waals surface area contributed by atoms with E-state index < -0.39 is 5.97 Å². The molecule has 1 aliphatic heterocycles. The van der Waals surface area contributed by atoms with Gasteiger partial charge in [-0.2, -0.15) is 0 Å². The maximum atomic E-state index is 11.6. The van der Waals surface area contributed by atoms with E-state index in [4.69, 9.17) is 0 Å². The summed E-state index contributed by atoms with van der Waals surface area (Å²) in [6.07, 6.45) is 6.69. The Morgan fingerprint density at radius 3 is 2.82 bits per heavy atom. The average molecular weight is 440 g/mol. The lowest BCUT2D eigenvalue weighted by molar-refractivity contribution is 0.0696. The molecule has 0 spiro atoms. The molecular formula is C28H29N3O2. The highest BCUT2D eigenvalue weighted by molar-refractivity contribution is 5.87. The Balaban J connectivity index is 1.28. The molecule has 1 aromatic heterocycles. The smallest absolute Gasteiger partial charge is 0.335 e. The molecule has 0 unspecified atom stereocenters. The van der Waals surface area contributed by atoms with Crippen molar-refractivity contribution in [1.82, 2.24) is 4.98 Å². The molecule has 3 aliphatic rings. The van der Waals surface area contributed by atoms with Gasteiger partial charge in [0.15, 0.2) is 0 Å². The molecule has 2 fully saturated rings. The third kappa shape index (κ3) is 3.65. The number of rotatable bonds is 6. The van der Waals surface area contributed by atoms with Gasteiger partial charge in [0.25, 0.3) is 0 Å². The predicted molar refractivity (Wildman–Crippen MR) is 130 cm³/mol.